The molecule has 0 spiro atoms. The van der Waals surface area contributed by atoms with Crippen molar-refractivity contribution in [3.05, 3.63) is 117 Å². The number of aromatic nitrogens is 4. The van der Waals surface area contributed by atoms with E-state index in [-0.39, 0.29) is 24.6 Å². The molecule has 0 aliphatic heterocycles. The van der Waals surface area contributed by atoms with Crippen molar-refractivity contribution in [2.45, 2.75) is 52.3 Å². The topological polar surface area (TPSA) is 117 Å². The number of ether oxygens (including phenoxy) is 1. The van der Waals surface area contributed by atoms with Crippen molar-refractivity contribution < 1.29 is 28.0 Å². The number of aliphatic hydroxyl groups is 1. The zero-order chi connectivity index (χ0) is 33.7. The van der Waals surface area contributed by atoms with Gasteiger partial charge in [-0.3, -0.25) is 4.79 Å². The Balaban J connectivity index is 1.40. The third kappa shape index (κ3) is 7.60. The molecule has 0 unspecified atom stereocenters. The number of esters is 1. The zero-order valence-corrected chi connectivity index (χ0v) is 27.3. The monoisotopic (exact) mass is 657 g/mol. The van der Waals surface area contributed by atoms with Crippen LogP contribution in [0.25, 0.3) is 11.3 Å². The first-order chi connectivity index (χ1) is 22.5. The van der Waals surface area contributed by atoms with Gasteiger partial charge in [0.05, 0.1) is 35.4 Å². The van der Waals surface area contributed by atoms with Crippen molar-refractivity contribution in [1.82, 2.24) is 20.1 Å². The maximum Gasteiger partial charge on any atom is 0.325 e. The van der Waals surface area contributed by atoms with Gasteiger partial charge in [0.2, 0.25) is 6.33 Å². The van der Waals surface area contributed by atoms with Gasteiger partial charge in [-0.15, -0.1) is 16.0 Å². The van der Waals surface area contributed by atoms with Crippen LogP contribution in [-0.2, 0) is 23.5 Å². The number of nitrogens with zero attached hydrogens (tertiary/aromatic N) is 5. The first-order valence-corrected chi connectivity index (χ1v) is 16.0. The summed E-state index contributed by atoms with van der Waals surface area (Å²) in [4.78, 5) is 16.9. The van der Waals surface area contributed by atoms with Crippen molar-refractivity contribution in [2.24, 2.45) is 0 Å². The molecule has 0 aliphatic carbocycles. The Labute approximate surface area is 275 Å². The van der Waals surface area contributed by atoms with Gasteiger partial charge in [-0.25, -0.2) is 18.3 Å². The summed E-state index contributed by atoms with van der Waals surface area (Å²) >= 11 is 1.32. The van der Waals surface area contributed by atoms with Crippen LogP contribution in [0.5, 0.6) is 5.75 Å². The molecule has 242 valence electrons. The van der Waals surface area contributed by atoms with E-state index in [1.807, 2.05) is 42.9 Å². The summed E-state index contributed by atoms with van der Waals surface area (Å²) in [5.41, 5.74) is 2.63. The Morgan fingerprint density at radius 3 is 2.55 bits per heavy atom. The van der Waals surface area contributed by atoms with Gasteiger partial charge in [0.1, 0.15) is 29.5 Å². The van der Waals surface area contributed by atoms with E-state index in [0.29, 0.717) is 35.1 Å². The number of rotatable bonds is 12. The van der Waals surface area contributed by atoms with Crippen molar-refractivity contribution >= 4 is 17.3 Å². The number of hydrogen-bond donors (Lipinski definition) is 2. The minimum Gasteiger partial charge on any atom is -0.425 e. The average Bonchev–Trinajstić information content (AvgIpc) is 3.71. The molecule has 0 aliphatic rings. The van der Waals surface area contributed by atoms with Crippen LogP contribution in [0.3, 0.4) is 0 Å². The molecular weight excluding hydrogens is 622 g/mol. The van der Waals surface area contributed by atoms with E-state index >= 15 is 4.39 Å². The van der Waals surface area contributed by atoms with Crippen LogP contribution in [0.4, 0.5) is 8.78 Å². The van der Waals surface area contributed by atoms with Gasteiger partial charge >= 0.3 is 5.97 Å². The first kappa shape index (κ1) is 33.5. The minimum absolute atomic E-state index is 0.0749. The summed E-state index contributed by atoms with van der Waals surface area (Å²) in [6, 6.07) is 16.1. The molecule has 0 saturated heterocycles. The highest BCUT2D eigenvalue weighted by molar-refractivity contribution is 7.10. The first-order valence-electron chi connectivity index (χ1n) is 15.1. The van der Waals surface area contributed by atoms with Crippen molar-refractivity contribution in [3.8, 4) is 23.1 Å². The number of nitrogens with one attached hydrogen (secondary N) is 1. The molecule has 2 N–H and O–H groups in total. The van der Waals surface area contributed by atoms with E-state index in [0.717, 1.165) is 34.4 Å². The number of likely N-dealkylation sites (N-methyl/N-ethyl adjacent to an activating group) is 1. The summed E-state index contributed by atoms with van der Waals surface area (Å²) in [5.74, 6) is -2.17. The number of carbonyl (C=O) groups excluding carboxylic acids is 1. The van der Waals surface area contributed by atoms with E-state index in [9.17, 15) is 14.3 Å². The van der Waals surface area contributed by atoms with Crippen LogP contribution in [0.15, 0.2) is 72.6 Å². The van der Waals surface area contributed by atoms with Gasteiger partial charge in [-0.05, 0) is 67.4 Å². The van der Waals surface area contributed by atoms with Crippen LogP contribution in [0.2, 0.25) is 0 Å². The Morgan fingerprint density at radius 2 is 1.89 bits per heavy atom. The molecule has 47 heavy (non-hydrogen) atoms. The number of benzene rings is 3. The largest absolute Gasteiger partial charge is 0.425 e. The lowest BCUT2D eigenvalue weighted by atomic mass is 9.82. The summed E-state index contributed by atoms with van der Waals surface area (Å²) in [6.45, 7) is 8.50. The smallest absolute Gasteiger partial charge is 0.325 e. The lowest BCUT2D eigenvalue weighted by Gasteiger charge is -2.32. The van der Waals surface area contributed by atoms with Crippen LogP contribution in [-0.4, -0.2) is 38.9 Å². The molecule has 2 atom stereocenters. The molecule has 0 radical (unpaired) electrons. The maximum absolute atomic E-state index is 15.3. The third-order valence-electron chi connectivity index (χ3n) is 7.97. The van der Waals surface area contributed by atoms with Crippen LogP contribution < -0.4 is 14.6 Å². The molecule has 0 amide bonds. The van der Waals surface area contributed by atoms with Crippen LogP contribution >= 0.6 is 11.3 Å². The SMILES string of the molecule is CCNCC(=O)Oc1c(C)cc(C[n+]2cnn(C[C@](O)(c3ccc(F)cc3F)[C@@H](C)c3nc(-c4ccc(C#N)cc4)cs3)c2)cc1C. The number of aryl methyl sites for hydroxylation is 2. The fraction of sp³-hybridized carbons (Fsp3) is 0.286. The average molecular weight is 658 g/mol. The van der Waals surface area contributed by atoms with E-state index < -0.39 is 23.2 Å². The predicted molar refractivity (Wildman–Crippen MR) is 173 cm³/mol. The molecule has 0 saturated carbocycles. The summed E-state index contributed by atoms with van der Waals surface area (Å²) < 4.78 is 38.1. The minimum atomic E-state index is -1.85. The number of hydrogen-bond acceptors (Lipinski definition) is 8. The van der Waals surface area contributed by atoms with Gasteiger partial charge in [0.25, 0.3) is 6.33 Å². The highest BCUT2D eigenvalue weighted by Gasteiger charge is 2.43. The third-order valence-corrected chi connectivity index (χ3v) is 9.00. The number of carbonyl (C=O) groups is 1. The fourth-order valence-corrected chi connectivity index (χ4v) is 6.46. The fourth-order valence-electron chi connectivity index (χ4n) is 5.49. The number of thiazole rings is 1. The second-order valence-corrected chi connectivity index (χ2v) is 12.3. The Bertz CT molecular complexity index is 1910. The molecular formula is C35H35F2N6O3S+. The predicted octanol–water partition coefficient (Wildman–Crippen LogP) is 5.32. The van der Waals surface area contributed by atoms with E-state index in [1.165, 1.54) is 22.1 Å². The summed E-state index contributed by atoms with van der Waals surface area (Å²) in [7, 11) is 0. The van der Waals surface area contributed by atoms with E-state index in [2.05, 4.69) is 16.5 Å². The quantitative estimate of drug-likeness (QED) is 0.106. The Hall–Kier alpha value is -4.83. The van der Waals surface area contributed by atoms with Crippen LogP contribution in [0.1, 0.15) is 52.6 Å². The Morgan fingerprint density at radius 1 is 1.17 bits per heavy atom. The lowest BCUT2D eigenvalue weighted by Crippen LogP contribution is -2.39. The van der Waals surface area contributed by atoms with Crippen molar-refractivity contribution in [1.29, 1.82) is 5.26 Å². The maximum atomic E-state index is 15.3. The molecule has 0 bridgehead atoms. The Kier molecular flexibility index (Phi) is 10.2. The molecule has 2 aromatic heterocycles. The molecule has 12 heteroatoms. The summed E-state index contributed by atoms with van der Waals surface area (Å²) in [6.07, 6.45) is 3.31. The second kappa shape index (κ2) is 14.3. The van der Waals surface area contributed by atoms with Gasteiger partial charge in [0.15, 0.2) is 0 Å². The van der Waals surface area contributed by atoms with Gasteiger partial charge in [-0.1, -0.05) is 32.0 Å². The summed E-state index contributed by atoms with van der Waals surface area (Å²) in [5, 5.41) is 31.2. The molecule has 5 aromatic rings. The molecule has 3 aromatic carbocycles. The van der Waals surface area contributed by atoms with Crippen molar-refractivity contribution in [3.63, 3.8) is 0 Å². The normalized spacial score (nSPS) is 13.1. The molecule has 5 rings (SSSR count). The van der Waals surface area contributed by atoms with Gasteiger partial charge in [-0.2, -0.15) is 5.26 Å². The van der Waals surface area contributed by atoms with E-state index in [4.69, 9.17) is 15.0 Å². The molecule has 0 fully saturated rings. The van der Waals surface area contributed by atoms with Crippen molar-refractivity contribution in [2.75, 3.05) is 13.1 Å². The number of halogens is 2. The van der Waals surface area contributed by atoms with E-state index in [1.54, 1.807) is 43.8 Å². The standard InChI is InChI=1S/C35H35F2N6O3S/c1-5-39-16-32(44)46-33-22(2)12-26(13-23(33)3)17-42-20-40-43(21-42)19-35(45,29-11-10-28(36)14-30(29)37)24(4)34-41-31(18-47-34)27-8-6-25(15-38)7-9-27/h6-14,18,20-21,24,39,45H,5,16-17,19H2,1-4H3/q+1/t24-,35+/m0/s1. The van der Waals surface area contributed by atoms with Gasteiger partial charge in [0, 0.05) is 33.6 Å². The molecule has 2 heterocycles. The van der Waals surface area contributed by atoms with Gasteiger partial charge < -0.3 is 15.2 Å². The highest BCUT2D eigenvalue weighted by atomic mass is 32.1. The lowest BCUT2D eigenvalue weighted by molar-refractivity contribution is -0.689. The number of nitriles is 1. The molecule has 9 nitrogen and oxygen atoms in total. The second-order valence-electron chi connectivity index (χ2n) is 11.5. The zero-order valence-electron chi connectivity index (χ0n) is 26.5. The van der Waals surface area contributed by atoms with Crippen LogP contribution in [0, 0.1) is 36.8 Å². The highest BCUT2D eigenvalue weighted by Crippen LogP contribution is 2.41.